The quantitative estimate of drug-likeness (QED) is 0.836. The lowest BCUT2D eigenvalue weighted by molar-refractivity contribution is 0.476. The van der Waals surface area contributed by atoms with Gasteiger partial charge in [-0.15, -0.1) is 0 Å². The summed E-state index contributed by atoms with van der Waals surface area (Å²) in [5, 5.41) is 3.35. The summed E-state index contributed by atoms with van der Waals surface area (Å²) in [7, 11) is 0. The van der Waals surface area contributed by atoms with Crippen molar-refractivity contribution in [3.63, 3.8) is 0 Å². The first-order chi connectivity index (χ1) is 9.74. The van der Waals surface area contributed by atoms with E-state index < -0.39 is 0 Å². The first-order valence-corrected chi connectivity index (χ1v) is 7.30. The number of nitrogens with one attached hydrogen (secondary N) is 1. The van der Waals surface area contributed by atoms with Crippen LogP contribution < -0.4 is 10.1 Å². The standard InChI is InChI=1S/C18H23NO/c1-4-15-8-6-7-9-18(15)20-17-11-10-16(13-19-5-2)14(3)12-17/h6-12,19H,4-5,13H2,1-3H3. The summed E-state index contributed by atoms with van der Waals surface area (Å²) in [5.41, 5.74) is 3.82. The number of aryl methyl sites for hydroxylation is 2. The molecule has 2 rings (SSSR count). The van der Waals surface area contributed by atoms with Crippen LogP contribution in [-0.4, -0.2) is 6.54 Å². The Hall–Kier alpha value is -1.80. The maximum absolute atomic E-state index is 6.02. The summed E-state index contributed by atoms with van der Waals surface area (Å²) in [4.78, 5) is 0. The molecule has 0 saturated heterocycles. The SMILES string of the molecule is CCNCc1ccc(Oc2ccccc2CC)cc1C. The predicted octanol–water partition coefficient (Wildman–Crippen LogP) is 4.46. The third kappa shape index (κ3) is 3.61. The average molecular weight is 269 g/mol. The zero-order valence-electron chi connectivity index (χ0n) is 12.6. The molecule has 0 fully saturated rings. The molecule has 0 heterocycles. The number of hydrogen-bond donors (Lipinski definition) is 1. The lowest BCUT2D eigenvalue weighted by atomic mass is 10.1. The molecule has 2 nitrogen and oxygen atoms in total. The van der Waals surface area contributed by atoms with Crippen molar-refractivity contribution in [1.82, 2.24) is 5.32 Å². The predicted molar refractivity (Wildman–Crippen MR) is 84.5 cm³/mol. The minimum absolute atomic E-state index is 0.906. The Labute approximate surface area is 121 Å². The van der Waals surface area contributed by atoms with Gasteiger partial charge in [-0.25, -0.2) is 0 Å². The molecule has 2 heteroatoms. The van der Waals surface area contributed by atoms with Crippen LogP contribution in [0, 0.1) is 6.92 Å². The molecule has 0 amide bonds. The molecule has 0 aliphatic heterocycles. The summed E-state index contributed by atoms with van der Waals surface area (Å²) in [6.07, 6.45) is 0.980. The fraction of sp³-hybridized carbons (Fsp3) is 0.333. The Morgan fingerprint density at radius 1 is 1.00 bits per heavy atom. The Morgan fingerprint density at radius 3 is 2.50 bits per heavy atom. The van der Waals surface area contributed by atoms with Gasteiger partial charge in [0.1, 0.15) is 11.5 Å². The highest BCUT2D eigenvalue weighted by Crippen LogP contribution is 2.27. The molecular formula is C18H23NO. The molecule has 2 aromatic rings. The van der Waals surface area contributed by atoms with E-state index in [1.54, 1.807) is 0 Å². The van der Waals surface area contributed by atoms with E-state index in [1.165, 1.54) is 16.7 Å². The van der Waals surface area contributed by atoms with Crippen LogP contribution in [-0.2, 0) is 13.0 Å². The van der Waals surface area contributed by atoms with Gasteiger partial charge in [0.25, 0.3) is 0 Å². The zero-order chi connectivity index (χ0) is 14.4. The van der Waals surface area contributed by atoms with E-state index in [1.807, 2.05) is 18.2 Å². The van der Waals surface area contributed by atoms with Crippen molar-refractivity contribution in [2.24, 2.45) is 0 Å². The monoisotopic (exact) mass is 269 g/mol. The largest absolute Gasteiger partial charge is 0.457 e. The van der Waals surface area contributed by atoms with Crippen molar-refractivity contribution in [2.45, 2.75) is 33.7 Å². The fourth-order valence-corrected chi connectivity index (χ4v) is 2.21. The lowest BCUT2D eigenvalue weighted by Crippen LogP contribution is -2.12. The van der Waals surface area contributed by atoms with E-state index in [0.717, 1.165) is 31.0 Å². The molecule has 2 aromatic carbocycles. The third-order valence-corrected chi connectivity index (χ3v) is 3.46. The average Bonchev–Trinajstić information content (AvgIpc) is 2.47. The first kappa shape index (κ1) is 14.6. The summed E-state index contributed by atoms with van der Waals surface area (Å²) in [6, 6.07) is 14.5. The van der Waals surface area contributed by atoms with Crippen LogP contribution in [0.4, 0.5) is 0 Å². The first-order valence-electron chi connectivity index (χ1n) is 7.30. The van der Waals surface area contributed by atoms with Crippen molar-refractivity contribution in [2.75, 3.05) is 6.54 Å². The molecule has 0 aliphatic rings. The Morgan fingerprint density at radius 2 is 1.80 bits per heavy atom. The van der Waals surface area contributed by atoms with Crippen LogP contribution >= 0.6 is 0 Å². The van der Waals surface area contributed by atoms with Crippen molar-refractivity contribution in [3.05, 3.63) is 59.2 Å². The molecule has 0 saturated carbocycles. The number of hydrogen-bond acceptors (Lipinski definition) is 2. The van der Waals surface area contributed by atoms with Crippen LogP contribution in [0.15, 0.2) is 42.5 Å². The van der Waals surface area contributed by atoms with Crippen LogP contribution in [0.2, 0.25) is 0 Å². The molecule has 20 heavy (non-hydrogen) atoms. The van der Waals surface area contributed by atoms with Gasteiger partial charge in [0.2, 0.25) is 0 Å². The van der Waals surface area contributed by atoms with Gasteiger partial charge in [-0.3, -0.25) is 0 Å². The van der Waals surface area contributed by atoms with Crippen molar-refractivity contribution in [1.29, 1.82) is 0 Å². The topological polar surface area (TPSA) is 21.3 Å². The lowest BCUT2D eigenvalue weighted by Gasteiger charge is -2.12. The van der Waals surface area contributed by atoms with Gasteiger partial charge in [-0.05, 0) is 54.8 Å². The Balaban J connectivity index is 2.16. The molecule has 1 N–H and O–H groups in total. The molecule has 0 spiro atoms. The van der Waals surface area contributed by atoms with E-state index >= 15 is 0 Å². The Kier molecular flexibility index (Phi) is 5.19. The summed E-state index contributed by atoms with van der Waals surface area (Å²) < 4.78 is 6.02. The van der Waals surface area contributed by atoms with E-state index in [9.17, 15) is 0 Å². The summed E-state index contributed by atoms with van der Waals surface area (Å²) in [6.45, 7) is 8.29. The molecule has 0 bridgehead atoms. The highest BCUT2D eigenvalue weighted by Gasteiger charge is 2.04. The maximum atomic E-state index is 6.02. The van der Waals surface area contributed by atoms with E-state index in [-0.39, 0.29) is 0 Å². The smallest absolute Gasteiger partial charge is 0.130 e. The molecule has 0 aliphatic carbocycles. The molecule has 0 radical (unpaired) electrons. The maximum Gasteiger partial charge on any atom is 0.130 e. The fourth-order valence-electron chi connectivity index (χ4n) is 2.21. The van der Waals surface area contributed by atoms with Gasteiger partial charge >= 0.3 is 0 Å². The second-order valence-corrected chi connectivity index (χ2v) is 4.93. The van der Waals surface area contributed by atoms with Crippen molar-refractivity contribution < 1.29 is 4.74 Å². The highest BCUT2D eigenvalue weighted by molar-refractivity contribution is 5.40. The minimum Gasteiger partial charge on any atom is -0.457 e. The highest BCUT2D eigenvalue weighted by atomic mass is 16.5. The minimum atomic E-state index is 0.906. The molecule has 0 unspecified atom stereocenters. The number of rotatable bonds is 6. The van der Waals surface area contributed by atoms with Gasteiger partial charge in [0, 0.05) is 6.54 Å². The Bertz CT molecular complexity index is 563. The van der Waals surface area contributed by atoms with E-state index in [2.05, 4.69) is 50.4 Å². The van der Waals surface area contributed by atoms with Crippen LogP contribution in [0.3, 0.4) is 0 Å². The second kappa shape index (κ2) is 7.11. The van der Waals surface area contributed by atoms with Crippen molar-refractivity contribution >= 4 is 0 Å². The number of ether oxygens (including phenoxy) is 1. The number of benzene rings is 2. The molecular weight excluding hydrogens is 246 g/mol. The van der Waals surface area contributed by atoms with Crippen LogP contribution in [0.25, 0.3) is 0 Å². The normalized spacial score (nSPS) is 10.6. The second-order valence-electron chi connectivity index (χ2n) is 4.93. The van der Waals surface area contributed by atoms with Crippen molar-refractivity contribution in [3.8, 4) is 11.5 Å². The zero-order valence-corrected chi connectivity index (χ0v) is 12.6. The molecule has 0 atom stereocenters. The van der Waals surface area contributed by atoms with E-state index in [0.29, 0.717) is 0 Å². The van der Waals surface area contributed by atoms with Gasteiger partial charge in [0.05, 0.1) is 0 Å². The number of para-hydroxylation sites is 1. The van der Waals surface area contributed by atoms with Gasteiger partial charge in [0.15, 0.2) is 0 Å². The van der Waals surface area contributed by atoms with E-state index in [4.69, 9.17) is 4.74 Å². The van der Waals surface area contributed by atoms with Crippen LogP contribution in [0.1, 0.15) is 30.5 Å². The van der Waals surface area contributed by atoms with Crippen LogP contribution in [0.5, 0.6) is 11.5 Å². The summed E-state index contributed by atoms with van der Waals surface area (Å²) >= 11 is 0. The molecule has 0 aromatic heterocycles. The third-order valence-electron chi connectivity index (χ3n) is 3.46. The van der Waals surface area contributed by atoms with Gasteiger partial charge in [-0.1, -0.05) is 38.1 Å². The van der Waals surface area contributed by atoms with Gasteiger partial charge in [-0.2, -0.15) is 0 Å². The van der Waals surface area contributed by atoms with Gasteiger partial charge < -0.3 is 10.1 Å². The molecule has 106 valence electrons. The summed E-state index contributed by atoms with van der Waals surface area (Å²) in [5.74, 6) is 1.86.